The molecule has 0 spiro atoms. The number of methoxy groups -OCH3 is 1. The van der Waals surface area contributed by atoms with E-state index >= 15 is 0 Å². The van der Waals surface area contributed by atoms with E-state index in [1.807, 2.05) is 0 Å². The summed E-state index contributed by atoms with van der Waals surface area (Å²) >= 11 is 0. The molecule has 2 aromatic rings. The predicted molar refractivity (Wildman–Crippen MR) is 69.6 cm³/mol. The van der Waals surface area contributed by atoms with Crippen molar-refractivity contribution in [2.24, 2.45) is 0 Å². The van der Waals surface area contributed by atoms with Gasteiger partial charge in [-0.1, -0.05) is 5.16 Å². The topological polar surface area (TPSA) is 94.5 Å². The molecular formula is C13H14F2N4O4. The van der Waals surface area contributed by atoms with Crippen LogP contribution in [0.15, 0.2) is 15.2 Å². The average Bonchev–Trinajstić information content (AvgIpc) is 3.17. The minimum Gasteiger partial charge on any atom is -0.448 e. The zero-order valence-corrected chi connectivity index (χ0v) is 12.5. The van der Waals surface area contributed by atoms with Gasteiger partial charge in [0.2, 0.25) is 5.89 Å². The summed E-state index contributed by atoms with van der Waals surface area (Å²) < 4.78 is 42.4. The van der Waals surface area contributed by atoms with Crippen molar-refractivity contribution < 1.29 is 27.3 Å². The zero-order chi connectivity index (χ0) is 16.6. The van der Waals surface area contributed by atoms with Crippen LogP contribution in [0.25, 0.3) is 0 Å². The maximum absolute atomic E-state index is 13.8. The molecule has 10 heteroatoms. The van der Waals surface area contributed by atoms with Crippen molar-refractivity contribution >= 4 is 5.91 Å². The second-order valence-corrected chi connectivity index (χ2v) is 5.24. The summed E-state index contributed by atoms with van der Waals surface area (Å²) in [5.74, 6) is -3.27. The Morgan fingerprint density at radius 1 is 1.52 bits per heavy atom. The van der Waals surface area contributed by atoms with Crippen molar-refractivity contribution in [3.8, 4) is 0 Å². The van der Waals surface area contributed by atoms with Crippen LogP contribution in [0.3, 0.4) is 0 Å². The molecular weight excluding hydrogens is 314 g/mol. The van der Waals surface area contributed by atoms with E-state index in [2.05, 4.69) is 15.1 Å². The number of amides is 1. The Bertz CT molecular complexity index is 714. The van der Waals surface area contributed by atoms with Gasteiger partial charge in [0.05, 0.1) is 6.54 Å². The second kappa shape index (κ2) is 5.69. The van der Waals surface area contributed by atoms with Gasteiger partial charge in [-0.3, -0.25) is 4.79 Å². The third kappa shape index (κ3) is 3.07. The summed E-state index contributed by atoms with van der Waals surface area (Å²) in [5.41, 5.74) is -0.0400. The Balaban J connectivity index is 1.88. The Kier molecular flexibility index (Phi) is 3.84. The number of ether oxygens (including phenoxy) is 1. The van der Waals surface area contributed by atoms with Crippen LogP contribution in [0.5, 0.6) is 0 Å². The monoisotopic (exact) mass is 328 g/mol. The first-order valence-electron chi connectivity index (χ1n) is 6.82. The van der Waals surface area contributed by atoms with E-state index < -0.39 is 30.8 Å². The summed E-state index contributed by atoms with van der Waals surface area (Å²) in [4.78, 5) is 21.3. The number of hydrogen-bond acceptors (Lipinski definition) is 7. The average molecular weight is 328 g/mol. The molecule has 1 fully saturated rings. The van der Waals surface area contributed by atoms with E-state index in [0.29, 0.717) is 0 Å². The van der Waals surface area contributed by atoms with E-state index in [4.69, 9.17) is 13.7 Å². The van der Waals surface area contributed by atoms with Gasteiger partial charge in [0, 0.05) is 20.5 Å². The molecule has 0 radical (unpaired) electrons. The number of halogens is 2. The number of carbonyl (C=O) groups excluding carboxylic acids is 1. The highest BCUT2D eigenvalue weighted by atomic mass is 19.3. The molecule has 8 nitrogen and oxygen atoms in total. The number of hydrogen-bond donors (Lipinski definition) is 0. The summed E-state index contributed by atoms with van der Waals surface area (Å²) in [6, 6.07) is -1.02. The van der Waals surface area contributed by atoms with Gasteiger partial charge in [-0.25, -0.2) is 13.8 Å². The van der Waals surface area contributed by atoms with Crippen LogP contribution in [0.4, 0.5) is 8.78 Å². The number of aromatic nitrogens is 3. The first-order valence-corrected chi connectivity index (χ1v) is 6.82. The summed E-state index contributed by atoms with van der Waals surface area (Å²) in [6.45, 7) is 0.898. The smallest absolute Gasteiger partial charge is 0.276 e. The van der Waals surface area contributed by atoms with Crippen LogP contribution >= 0.6 is 0 Å². The van der Waals surface area contributed by atoms with Crippen LogP contribution in [0.1, 0.15) is 40.6 Å². The standard InChI is InChI=1S/C13H14F2N4O4/c1-7-16-8(4-22-7)12(20)19-6-13(14,15)3-9(19)11-17-10(5-21-2)18-23-11/h4,9H,3,5-6H2,1-2H3/t9-/m0/s1. The molecule has 2 aromatic heterocycles. The van der Waals surface area contributed by atoms with Crippen molar-refractivity contribution in [1.29, 1.82) is 0 Å². The fourth-order valence-electron chi connectivity index (χ4n) is 2.45. The fourth-order valence-corrected chi connectivity index (χ4v) is 2.45. The Hall–Kier alpha value is -2.36. The van der Waals surface area contributed by atoms with Gasteiger partial charge in [0.1, 0.15) is 18.9 Å². The zero-order valence-electron chi connectivity index (χ0n) is 12.5. The lowest BCUT2D eigenvalue weighted by atomic mass is 10.2. The summed E-state index contributed by atoms with van der Waals surface area (Å²) in [7, 11) is 1.45. The Morgan fingerprint density at radius 3 is 2.96 bits per heavy atom. The second-order valence-electron chi connectivity index (χ2n) is 5.24. The maximum atomic E-state index is 13.8. The number of nitrogens with zero attached hydrogens (tertiary/aromatic N) is 4. The number of oxazole rings is 1. The number of carbonyl (C=O) groups is 1. The van der Waals surface area contributed by atoms with Crippen molar-refractivity contribution in [3.05, 3.63) is 29.6 Å². The van der Waals surface area contributed by atoms with Gasteiger partial charge >= 0.3 is 0 Å². The van der Waals surface area contributed by atoms with Crippen molar-refractivity contribution in [2.75, 3.05) is 13.7 Å². The number of rotatable bonds is 4. The molecule has 3 rings (SSSR count). The molecule has 0 saturated carbocycles. The highest BCUT2D eigenvalue weighted by Gasteiger charge is 2.50. The lowest BCUT2D eigenvalue weighted by Gasteiger charge is -2.19. The van der Waals surface area contributed by atoms with Crippen molar-refractivity contribution in [1.82, 2.24) is 20.0 Å². The van der Waals surface area contributed by atoms with Crippen LogP contribution in [0.2, 0.25) is 0 Å². The first kappa shape index (κ1) is 15.5. The van der Waals surface area contributed by atoms with Gasteiger partial charge in [0.15, 0.2) is 17.4 Å². The summed E-state index contributed by atoms with van der Waals surface area (Å²) in [5, 5.41) is 3.64. The van der Waals surface area contributed by atoms with Crippen LogP contribution in [-0.2, 0) is 11.3 Å². The molecule has 124 valence electrons. The van der Waals surface area contributed by atoms with Gasteiger partial charge in [-0.2, -0.15) is 4.98 Å². The molecule has 0 aromatic carbocycles. The van der Waals surface area contributed by atoms with Gasteiger partial charge in [-0.15, -0.1) is 0 Å². The minimum absolute atomic E-state index is 0.0400. The highest BCUT2D eigenvalue weighted by Crippen LogP contribution is 2.41. The Morgan fingerprint density at radius 2 is 2.30 bits per heavy atom. The third-order valence-electron chi connectivity index (χ3n) is 3.41. The largest absolute Gasteiger partial charge is 0.448 e. The molecule has 1 amide bonds. The Labute approximate surface area is 129 Å². The molecule has 3 heterocycles. The van der Waals surface area contributed by atoms with E-state index in [0.717, 1.165) is 11.2 Å². The molecule has 1 aliphatic rings. The molecule has 23 heavy (non-hydrogen) atoms. The number of alkyl halides is 2. The van der Waals surface area contributed by atoms with Gasteiger partial charge in [-0.05, 0) is 0 Å². The van der Waals surface area contributed by atoms with Crippen LogP contribution < -0.4 is 0 Å². The summed E-state index contributed by atoms with van der Waals surface area (Å²) in [6.07, 6.45) is 0.541. The normalized spacial score (nSPS) is 20.2. The molecule has 1 aliphatic heterocycles. The van der Waals surface area contributed by atoms with E-state index in [-0.39, 0.29) is 29.9 Å². The van der Waals surface area contributed by atoms with Gasteiger partial charge in [0.25, 0.3) is 11.8 Å². The SMILES string of the molecule is COCc1noc([C@@H]2CC(F)(F)CN2C(=O)c2coc(C)n2)n1. The van der Waals surface area contributed by atoms with Crippen molar-refractivity contribution in [3.63, 3.8) is 0 Å². The maximum Gasteiger partial charge on any atom is 0.276 e. The molecule has 0 N–H and O–H groups in total. The highest BCUT2D eigenvalue weighted by molar-refractivity contribution is 5.92. The van der Waals surface area contributed by atoms with Crippen molar-refractivity contribution in [2.45, 2.75) is 31.9 Å². The molecule has 0 bridgehead atoms. The van der Waals surface area contributed by atoms with Crippen LogP contribution in [-0.4, -0.2) is 45.5 Å². The first-order chi connectivity index (χ1) is 10.9. The predicted octanol–water partition coefficient (Wildman–Crippen LogP) is 1.73. The fraction of sp³-hybridized carbons (Fsp3) is 0.538. The lowest BCUT2D eigenvalue weighted by molar-refractivity contribution is 0.0116. The lowest BCUT2D eigenvalue weighted by Crippen LogP contribution is -2.33. The molecule has 1 saturated heterocycles. The van der Waals surface area contributed by atoms with Crippen LogP contribution in [0, 0.1) is 6.92 Å². The van der Waals surface area contributed by atoms with Gasteiger partial charge < -0.3 is 18.6 Å². The third-order valence-corrected chi connectivity index (χ3v) is 3.41. The van der Waals surface area contributed by atoms with E-state index in [1.165, 1.54) is 7.11 Å². The number of aryl methyl sites for hydroxylation is 1. The molecule has 0 unspecified atom stereocenters. The number of likely N-dealkylation sites (tertiary alicyclic amines) is 1. The quantitative estimate of drug-likeness (QED) is 0.843. The molecule has 1 atom stereocenters. The minimum atomic E-state index is -3.05. The molecule has 0 aliphatic carbocycles. The van der Waals surface area contributed by atoms with E-state index in [1.54, 1.807) is 6.92 Å². The van der Waals surface area contributed by atoms with E-state index in [9.17, 15) is 13.6 Å².